The molecule has 2 atom stereocenters. The van der Waals surface area contributed by atoms with Crippen LogP contribution >= 0.6 is 0 Å². The normalized spacial score (nSPS) is 27.5. The van der Waals surface area contributed by atoms with E-state index in [1.54, 1.807) is 16.8 Å². The zero-order valence-corrected chi connectivity index (χ0v) is 9.89. The second kappa shape index (κ2) is 4.89. The SMILES string of the molecule is CN1C(=O)N2C[C@H]1CC[C@H]2C(=O)NOCCN. The molecular weight excluding hydrogens is 224 g/mol. The van der Waals surface area contributed by atoms with Crippen molar-refractivity contribution in [3.63, 3.8) is 0 Å². The molecule has 2 rings (SSSR count). The van der Waals surface area contributed by atoms with Crippen molar-refractivity contribution in [2.24, 2.45) is 5.73 Å². The van der Waals surface area contributed by atoms with Crippen LogP contribution in [0.3, 0.4) is 0 Å². The minimum Gasteiger partial charge on any atom is -0.328 e. The van der Waals surface area contributed by atoms with Crippen molar-refractivity contribution in [1.82, 2.24) is 15.3 Å². The quantitative estimate of drug-likeness (QED) is 0.483. The summed E-state index contributed by atoms with van der Waals surface area (Å²) in [6, 6.07) is -0.246. The molecule has 2 fully saturated rings. The van der Waals surface area contributed by atoms with Gasteiger partial charge in [0, 0.05) is 20.1 Å². The summed E-state index contributed by atoms with van der Waals surface area (Å²) in [5.41, 5.74) is 7.59. The van der Waals surface area contributed by atoms with Crippen LogP contribution in [0.2, 0.25) is 0 Å². The number of nitrogens with one attached hydrogen (secondary N) is 1. The molecule has 7 heteroatoms. The zero-order chi connectivity index (χ0) is 12.4. The third-order valence-electron chi connectivity index (χ3n) is 3.35. The van der Waals surface area contributed by atoms with Crippen molar-refractivity contribution >= 4 is 11.9 Å². The molecule has 0 unspecified atom stereocenters. The topological polar surface area (TPSA) is 87.9 Å². The van der Waals surface area contributed by atoms with E-state index in [2.05, 4.69) is 5.48 Å². The Balaban J connectivity index is 1.93. The van der Waals surface area contributed by atoms with E-state index in [9.17, 15) is 9.59 Å². The van der Waals surface area contributed by atoms with E-state index >= 15 is 0 Å². The smallest absolute Gasteiger partial charge is 0.320 e. The lowest BCUT2D eigenvalue weighted by Crippen LogP contribution is -2.49. The molecule has 2 heterocycles. The predicted octanol–water partition coefficient (Wildman–Crippen LogP) is -1.11. The number of nitrogens with zero attached hydrogens (tertiary/aromatic N) is 2. The highest BCUT2D eigenvalue weighted by Crippen LogP contribution is 2.28. The van der Waals surface area contributed by atoms with Gasteiger partial charge in [-0.2, -0.15) is 0 Å². The molecule has 0 aliphatic carbocycles. The fourth-order valence-electron chi connectivity index (χ4n) is 2.36. The van der Waals surface area contributed by atoms with E-state index in [0.29, 0.717) is 19.5 Å². The largest absolute Gasteiger partial charge is 0.328 e. The summed E-state index contributed by atoms with van der Waals surface area (Å²) in [7, 11) is 1.78. The maximum atomic E-state index is 11.8. The van der Waals surface area contributed by atoms with Crippen molar-refractivity contribution in [2.45, 2.75) is 24.9 Å². The van der Waals surface area contributed by atoms with E-state index < -0.39 is 6.04 Å². The molecule has 3 amide bonds. The number of hydrogen-bond acceptors (Lipinski definition) is 4. The van der Waals surface area contributed by atoms with Gasteiger partial charge >= 0.3 is 6.03 Å². The molecule has 2 bridgehead atoms. The maximum Gasteiger partial charge on any atom is 0.320 e. The van der Waals surface area contributed by atoms with Gasteiger partial charge in [-0.3, -0.25) is 9.63 Å². The second-order valence-corrected chi connectivity index (χ2v) is 4.40. The zero-order valence-electron chi connectivity index (χ0n) is 9.89. The van der Waals surface area contributed by atoms with E-state index in [0.717, 1.165) is 6.42 Å². The van der Waals surface area contributed by atoms with Crippen molar-refractivity contribution < 1.29 is 14.4 Å². The van der Waals surface area contributed by atoms with Gasteiger partial charge in [-0.1, -0.05) is 0 Å². The first kappa shape index (κ1) is 12.1. The summed E-state index contributed by atoms with van der Waals surface area (Å²) in [6.07, 6.45) is 1.53. The highest BCUT2D eigenvalue weighted by atomic mass is 16.7. The third-order valence-corrected chi connectivity index (χ3v) is 3.35. The van der Waals surface area contributed by atoms with Crippen LogP contribution in [-0.4, -0.2) is 60.6 Å². The number of rotatable bonds is 4. The summed E-state index contributed by atoms with van der Waals surface area (Å²) >= 11 is 0. The number of hydrogen-bond donors (Lipinski definition) is 2. The molecule has 0 aromatic heterocycles. The summed E-state index contributed by atoms with van der Waals surface area (Å²) in [5.74, 6) is -0.263. The molecule has 17 heavy (non-hydrogen) atoms. The van der Waals surface area contributed by atoms with Crippen LogP contribution < -0.4 is 11.2 Å². The lowest BCUT2D eigenvalue weighted by molar-refractivity contribution is -0.138. The van der Waals surface area contributed by atoms with Crippen molar-refractivity contribution in [2.75, 3.05) is 26.7 Å². The monoisotopic (exact) mass is 242 g/mol. The molecule has 7 nitrogen and oxygen atoms in total. The molecule has 3 N–H and O–H groups in total. The molecule has 2 saturated heterocycles. The summed E-state index contributed by atoms with van der Waals surface area (Å²) in [5, 5.41) is 0. The Morgan fingerprint density at radius 3 is 3.06 bits per heavy atom. The molecule has 2 aliphatic heterocycles. The summed E-state index contributed by atoms with van der Waals surface area (Å²) in [6.45, 7) is 1.25. The Morgan fingerprint density at radius 2 is 2.35 bits per heavy atom. The van der Waals surface area contributed by atoms with Gasteiger partial charge in [-0.25, -0.2) is 10.3 Å². The molecule has 0 aromatic rings. The number of hydroxylamine groups is 1. The lowest BCUT2D eigenvalue weighted by Gasteiger charge is -2.29. The first-order valence-electron chi connectivity index (χ1n) is 5.80. The van der Waals surface area contributed by atoms with E-state index in [4.69, 9.17) is 10.6 Å². The van der Waals surface area contributed by atoms with Gasteiger partial charge in [0.15, 0.2) is 0 Å². The number of carbonyl (C=O) groups is 2. The van der Waals surface area contributed by atoms with Gasteiger partial charge < -0.3 is 15.5 Å². The minimum atomic E-state index is -0.415. The summed E-state index contributed by atoms with van der Waals surface area (Å²) < 4.78 is 0. The Morgan fingerprint density at radius 1 is 1.59 bits per heavy atom. The standard InChI is InChI=1S/C10H18N4O3/c1-13-7-2-3-8(14(6-7)10(13)16)9(15)12-17-5-4-11/h7-8H,2-6,11H2,1H3,(H,12,15)/t7-,8+/m1/s1. The van der Waals surface area contributed by atoms with Crippen LogP contribution in [0.15, 0.2) is 0 Å². The number of fused-ring (bicyclic) bond motifs is 2. The molecule has 96 valence electrons. The van der Waals surface area contributed by atoms with Crippen LogP contribution in [0.25, 0.3) is 0 Å². The van der Waals surface area contributed by atoms with Crippen LogP contribution in [0.5, 0.6) is 0 Å². The molecule has 0 spiro atoms. The van der Waals surface area contributed by atoms with Gasteiger partial charge in [-0.15, -0.1) is 0 Å². The Bertz CT molecular complexity index is 323. The number of carbonyl (C=O) groups excluding carboxylic acids is 2. The van der Waals surface area contributed by atoms with E-state index in [1.165, 1.54) is 0 Å². The van der Waals surface area contributed by atoms with Crippen LogP contribution in [0.1, 0.15) is 12.8 Å². The molecule has 0 aromatic carbocycles. The van der Waals surface area contributed by atoms with Crippen molar-refractivity contribution in [3.05, 3.63) is 0 Å². The highest BCUT2D eigenvalue weighted by Gasteiger charge is 2.45. The van der Waals surface area contributed by atoms with Crippen molar-refractivity contribution in [3.8, 4) is 0 Å². The predicted molar refractivity (Wildman–Crippen MR) is 59.8 cm³/mol. The number of nitrogens with two attached hydrogens (primary N) is 1. The Labute approximate surface area is 99.8 Å². The number of piperidine rings is 1. The Hall–Kier alpha value is -1.34. The molecule has 0 saturated carbocycles. The third kappa shape index (κ3) is 2.20. The van der Waals surface area contributed by atoms with Crippen molar-refractivity contribution in [1.29, 1.82) is 0 Å². The van der Waals surface area contributed by atoms with Gasteiger partial charge in [0.05, 0.1) is 12.6 Å². The molecule has 2 aliphatic rings. The fourth-order valence-corrected chi connectivity index (χ4v) is 2.36. The lowest BCUT2D eigenvalue weighted by atomic mass is 10.0. The van der Waals surface area contributed by atoms with Crippen LogP contribution in [-0.2, 0) is 9.63 Å². The molecule has 0 radical (unpaired) electrons. The average Bonchev–Trinajstić information content (AvgIpc) is 2.55. The maximum absolute atomic E-state index is 11.8. The van der Waals surface area contributed by atoms with Crippen LogP contribution in [0, 0.1) is 0 Å². The first-order valence-corrected chi connectivity index (χ1v) is 5.80. The van der Waals surface area contributed by atoms with E-state index in [-0.39, 0.29) is 24.6 Å². The van der Waals surface area contributed by atoms with Gasteiger partial charge in [0.1, 0.15) is 6.04 Å². The van der Waals surface area contributed by atoms with E-state index in [1.807, 2.05) is 0 Å². The minimum absolute atomic E-state index is 0.0773. The number of likely N-dealkylation sites (N-methyl/N-ethyl adjacent to an activating group) is 1. The van der Waals surface area contributed by atoms with Crippen LogP contribution in [0.4, 0.5) is 4.79 Å². The average molecular weight is 242 g/mol. The molecular formula is C10H18N4O3. The fraction of sp³-hybridized carbons (Fsp3) is 0.800. The second-order valence-electron chi connectivity index (χ2n) is 4.40. The van der Waals surface area contributed by atoms with Gasteiger partial charge in [0.25, 0.3) is 5.91 Å². The number of amides is 3. The first-order chi connectivity index (χ1) is 8.15. The van der Waals surface area contributed by atoms with Gasteiger partial charge in [-0.05, 0) is 12.8 Å². The highest BCUT2D eigenvalue weighted by molar-refractivity contribution is 5.88. The Kier molecular flexibility index (Phi) is 3.49. The van der Waals surface area contributed by atoms with Gasteiger partial charge in [0.2, 0.25) is 0 Å². The number of urea groups is 1. The summed E-state index contributed by atoms with van der Waals surface area (Å²) in [4.78, 5) is 31.9.